The molecular weight excluding hydrogens is 404 g/mol. The third kappa shape index (κ3) is 4.67. The Morgan fingerprint density at radius 1 is 0.750 bits per heavy atom. The van der Waals surface area contributed by atoms with Gasteiger partial charge in [-0.15, -0.1) is 0 Å². The Morgan fingerprint density at radius 3 is 1.97 bits per heavy atom. The molecule has 0 aliphatic heterocycles. The number of para-hydroxylation sites is 2. The van der Waals surface area contributed by atoms with Gasteiger partial charge < -0.3 is 15.7 Å². The summed E-state index contributed by atoms with van der Waals surface area (Å²) >= 11 is 0. The van der Waals surface area contributed by atoms with E-state index >= 15 is 0 Å². The van der Waals surface area contributed by atoms with Crippen molar-refractivity contribution in [2.75, 3.05) is 13.1 Å². The van der Waals surface area contributed by atoms with Gasteiger partial charge in [-0.05, 0) is 24.3 Å². The number of benzene rings is 3. The van der Waals surface area contributed by atoms with Gasteiger partial charge in [0.25, 0.3) is 11.8 Å². The highest BCUT2D eigenvalue weighted by molar-refractivity contribution is 6.00. The van der Waals surface area contributed by atoms with Gasteiger partial charge in [-0.1, -0.05) is 60.7 Å². The molecule has 0 aliphatic carbocycles. The standard InChI is InChI=1S/C25H22N4O3/c30-22-14-8-7-13-20(22)24(31)26-15-16-27-25(32)21-17-29(19-11-5-2-6-12-19)28-23(21)18-9-3-1-4-10-18/h1-14,17,30H,15-16H2,(H,26,31)(H,27,32). The minimum atomic E-state index is -0.403. The normalized spacial score (nSPS) is 10.5. The van der Waals surface area contributed by atoms with Crippen LogP contribution in [0.15, 0.2) is 91.1 Å². The number of aromatic nitrogens is 2. The molecule has 7 nitrogen and oxygen atoms in total. The fraction of sp³-hybridized carbons (Fsp3) is 0.0800. The van der Waals surface area contributed by atoms with Crippen LogP contribution >= 0.6 is 0 Å². The third-order valence-electron chi connectivity index (χ3n) is 4.87. The Morgan fingerprint density at radius 2 is 1.31 bits per heavy atom. The van der Waals surface area contributed by atoms with E-state index in [4.69, 9.17) is 0 Å². The van der Waals surface area contributed by atoms with Crippen LogP contribution in [0, 0.1) is 0 Å². The molecule has 0 spiro atoms. The van der Waals surface area contributed by atoms with Gasteiger partial charge in [-0.25, -0.2) is 4.68 Å². The molecule has 4 rings (SSSR count). The van der Waals surface area contributed by atoms with Crippen molar-refractivity contribution >= 4 is 11.8 Å². The van der Waals surface area contributed by atoms with Crippen LogP contribution in [0.3, 0.4) is 0 Å². The topological polar surface area (TPSA) is 96.3 Å². The average molecular weight is 426 g/mol. The van der Waals surface area contributed by atoms with Crippen molar-refractivity contribution < 1.29 is 14.7 Å². The molecular formula is C25H22N4O3. The molecule has 3 aromatic carbocycles. The predicted molar refractivity (Wildman–Crippen MR) is 122 cm³/mol. The second kappa shape index (κ2) is 9.61. The molecule has 0 unspecified atom stereocenters. The smallest absolute Gasteiger partial charge is 0.255 e. The zero-order valence-corrected chi connectivity index (χ0v) is 17.2. The fourth-order valence-corrected chi connectivity index (χ4v) is 3.27. The first-order chi connectivity index (χ1) is 15.6. The van der Waals surface area contributed by atoms with Gasteiger partial charge in [0.15, 0.2) is 0 Å². The number of nitrogens with zero attached hydrogens (tertiary/aromatic N) is 2. The van der Waals surface area contributed by atoms with Gasteiger partial charge in [0, 0.05) is 24.8 Å². The van der Waals surface area contributed by atoms with Gasteiger partial charge >= 0.3 is 0 Å². The summed E-state index contributed by atoms with van der Waals surface area (Å²) in [6.07, 6.45) is 1.70. The first-order valence-corrected chi connectivity index (χ1v) is 10.2. The van der Waals surface area contributed by atoms with Crippen LogP contribution in [-0.4, -0.2) is 39.8 Å². The Kier molecular flexibility index (Phi) is 6.27. The van der Waals surface area contributed by atoms with E-state index in [9.17, 15) is 14.7 Å². The number of phenolic OH excluding ortho intramolecular Hbond substituents is 1. The quantitative estimate of drug-likeness (QED) is 0.395. The Hall–Kier alpha value is -4.39. The number of phenols is 1. The number of aromatic hydroxyl groups is 1. The monoisotopic (exact) mass is 426 g/mol. The lowest BCUT2D eigenvalue weighted by atomic mass is 10.1. The highest BCUT2D eigenvalue weighted by Gasteiger charge is 2.18. The fourth-order valence-electron chi connectivity index (χ4n) is 3.27. The summed E-state index contributed by atoms with van der Waals surface area (Å²) in [5, 5.41) is 19.9. The molecule has 0 aliphatic rings. The first-order valence-electron chi connectivity index (χ1n) is 10.2. The van der Waals surface area contributed by atoms with Crippen LogP contribution in [0.4, 0.5) is 0 Å². The largest absolute Gasteiger partial charge is 0.507 e. The number of carbonyl (C=O) groups excluding carboxylic acids is 2. The maximum Gasteiger partial charge on any atom is 0.255 e. The van der Waals surface area contributed by atoms with Gasteiger partial charge in [-0.2, -0.15) is 5.10 Å². The molecule has 2 amide bonds. The Balaban J connectivity index is 1.46. The molecule has 0 bridgehead atoms. The molecule has 1 aromatic heterocycles. The average Bonchev–Trinajstić information content (AvgIpc) is 3.29. The summed E-state index contributed by atoms with van der Waals surface area (Å²) in [7, 11) is 0. The summed E-state index contributed by atoms with van der Waals surface area (Å²) in [5.74, 6) is -0.781. The van der Waals surface area contributed by atoms with Gasteiger partial charge in [-0.3, -0.25) is 9.59 Å². The number of nitrogens with one attached hydrogen (secondary N) is 2. The minimum absolute atomic E-state index is 0.0881. The molecule has 0 saturated carbocycles. The van der Waals surface area contributed by atoms with E-state index in [0.29, 0.717) is 11.3 Å². The first kappa shape index (κ1) is 20.9. The van der Waals surface area contributed by atoms with E-state index in [1.165, 1.54) is 12.1 Å². The zero-order valence-electron chi connectivity index (χ0n) is 17.2. The summed E-state index contributed by atoms with van der Waals surface area (Å²) in [4.78, 5) is 25.1. The van der Waals surface area contributed by atoms with Crippen molar-refractivity contribution in [1.29, 1.82) is 0 Å². The maximum absolute atomic E-state index is 12.9. The lowest BCUT2D eigenvalue weighted by Gasteiger charge is -2.08. The van der Waals surface area contributed by atoms with E-state index < -0.39 is 5.91 Å². The van der Waals surface area contributed by atoms with Crippen LogP contribution in [0.2, 0.25) is 0 Å². The van der Waals surface area contributed by atoms with Crippen LogP contribution < -0.4 is 10.6 Å². The zero-order chi connectivity index (χ0) is 22.3. The molecule has 0 atom stereocenters. The molecule has 160 valence electrons. The van der Waals surface area contributed by atoms with Crippen molar-refractivity contribution in [3.05, 3.63) is 102 Å². The molecule has 0 saturated heterocycles. The van der Waals surface area contributed by atoms with E-state index in [0.717, 1.165) is 11.3 Å². The maximum atomic E-state index is 12.9. The minimum Gasteiger partial charge on any atom is -0.507 e. The van der Waals surface area contributed by atoms with Crippen LogP contribution in [0.1, 0.15) is 20.7 Å². The van der Waals surface area contributed by atoms with Crippen molar-refractivity contribution in [3.8, 4) is 22.7 Å². The number of hydrogen-bond acceptors (Lipinski definition) is 4. The Labute approximate surface area is 185 Å². The van der Waals surface area contributed by atoms with Crippen LogP contribution in [0.25, 0.3) is 16.9 Å². The molecule has 1 heterocycles. The lowest BCUT2D eigenvalue weighted by Crippen LogP contribution is -2.34. The SMILES string of the molecule is O=C(NCCNC(=O)c1cn(-c2ccccc2)nc1-c1ccccc1)c1ccccc1O. The van der Waals surface area contributed by atoms with Crippen molar-refractivity contribution in [2.45, 2.75) is 0 Å². The Bertz CT molecular complexity index is 1220. The predicted octanol–water partition coefficient (Wildman–Crippen LogP) is 3.40. The second-order valence-electron chi connectivity index (χ2n) is 7.07. The molecule has 32 heavy (non-hydrogen) atoms. The number of carbonyl (C=O) groups is 2. The molecule has 0 radical (unpaired) electrons. The molecule has 7 heteroatoms. The van der Waals surface area contributed by atoms with Gasteiger partial charge in [0.1, 0.15) is 11.4 Å². The van der Waals surface area contributed by atoms with Gasteiger partial charge in [0.05, 0.1) is 16.8 Å². The summed E-state index contributed by atoms with van der Waals surface area (Å²) < 4.78 is 1.68. The molecule has 0 fully saturated rings. The molecule has 4 aromatic rings. The number of amides is 2. The van der Waals surface area contributed by atoms with E-state index in [1.807, 2.05) is 60.7 Å². The number of rotatable bonds is 7. The summed E-state index contributed by atoms with van der Waals surface area (Å²) in [5.41, 5.74) is 2.88. The second-order valence-corrected chi connectivity index (χ2v) is 7.07. The van der Waals surface area contributed by atoms with E-state index in [2.05, 4.69) is 15.7 Å². The van der Waals surface area contributed by atoms with E-state index in [-0.39, 0.29) is 30.3 Å². The van der Waals surface area contributed by atoms with Crippen LogP contribution in [-0.2, 0) is 0 Å². The van der Waals surface area contributed by atoms with E-state index in [1.54, 1.807) is 23.0 Å². The summed E-state index contributed by atoms with van der Waals surface area (Å²) in [6, 6.07) is 25.4. The highest BCUT2D eigenvalue weighted by Crippen LogP contribution is 2.23. The van der Waals surface area contributed by atoms with Crippen LogP contribution in [0.5, 0.6) is 5.75 Å². The molecule has 3 N–H and O–H groups in total. The van der Waals surface area contributed by atoms with Gasteiger partial charge in [0.2, 0.25) is 0 Å². The third-order valence-corrected chi connectivity index (χ3v) is 4.87. The lowest BCUT2D eigenvalue weighted by molar-refractivity contribution is 0.0926. The van der Waals surface area contributed by atoms with Crippen molar-refractivity contribution in [1.82, 2.24) is 20.4 Å². The van der Waals surface area contributed by atoms with Crippen molar-refractivity contribution in [2.24, 2.45) is 0 Å². The highest BCUT2D eigenvalue weighted by atomic mass is 16.3. The number of hydrogen-bond donors (Lipinski definition) is 3. The summed E-state index contributed by atoms with van der Waals surface area (Å²) in [6.45, 7) is 0.440. The van der Waals surface area contributed by atoms with Crippen molar-refractivity contribution in [3.63, 3.8) is 0 Å².